The number of carbonyl (C=O) groups is 1. The number of aliphatic carboxylic acids is 1. The van der Waals surface area contributed by atoms with Crippen LogP contribution in [0, 0.1) is 5.92 Å². The number of fused-ring (bicyclic) bond motifs is 1. The summed E-state index contributed by atoms with van der Waals surface area (Å²) in [6.07, 6.45) is 10.8. The number of methoxy groups -OCH3 is 1. The molecule has 0 saturated carbocycles. The van der Waals surface area contributed by atoms with Crippen LogP contribution in [0.1, 0.15) is 12.0 Å². The minimum Gasteiger partial charge on any atom is -0.495 e. The molecule has 1 aromatic rings. The first-order valence-electron chi connectivity index (χ1n) is 7.89. The lowest BCUT2D eigenvalue weighted by molar-refractivity contribution is -0.131. The average Bonchev–Trinajstić information content (AvgIpc) is 3.04. The van der Waals surface area contributed by atoms with E-state index in [1.54, 1.807) is 12.1 Å². The van der Waals surface area contributed by atoms with Gasteiger partial charge >= 0.3 is 5.97 Å². The summed E-state index contributed by atoms with van der Waals surface area (Å²) in [7, 11) is -2.36. The fourth-order valence-electron chi connectivity index (χ4n) is 3.22. The van der Waals surface area contributed by atoms with E-state index in [2.05, 4.69) is 0 Å². The third-order valence-corrected chi connectivity index (χ3v) is 6.34. The summed E-state index contributed by atoms with van der Waals surface area (Å²) in [4.78, 5) is 10.7. The molecule has 25 heavy (non-hydrogen) atoms. The van der Waals surface area contributed by atoms with Crippen LogP contribution in [0.25, 0.3) is 6.08 Å². The topological polar surface area (TPSA) is 83.9 Å². The molecule has 1 fully saturated rings. The van der Waals surface area contributed by atoms with E-state index in [1.165, 1.54) is 23.6 Å². The van der Waals surface area contributed by atoms with Gasteiger partial charge in [0.05, 0.1) is 7.11 Å². The minimum absolute atomic E-state index is 0.0474. The highest BCUT2D eigenvalue weighted by atomic mass is 32.2. The Bertz CT molecular complexity index is 869. The third kappa shape index (κ3) is 3.38. The molecular formula is C18H19NO5S. The van der Waals surface area contributed by atoms with Crippen LogP contribution in [0.15, 0.2) is 53.5 Å². The molecule has 6 nitrogen and oxygen atoms in total. The van der Waals surface area contributed by atoms with Crippen molar-refractivity contribution in [2.75, 3.05) is 13.7 Å². The van der Waals surface area contributed by atoms with Crippen LogP contribution in [0.3, 0.4) is 0 Å². The number of ether oxygens (including phenoxy) is 1. The number of carboxylic acid groups (broad SMARTS) is 1. The Kier molecular flexibility index (Phi) is 4.78. The standard InChI is InChI=1S/C18H19NO5S/c1-24-16-8-6-13(7-9-18(20)21)12-17(16)25(22,23)19-11-10-14-4-2-3-5-15(14)19/h2-9,12,14-15H,10-11H2,1H3,(H,20,21)/b9-7+/t14-,15+/m0/s1. The summed E-state index contributed by atoms with van der Waals surface area (Å²) in [5.74, 6) is -0.672. The van der Waals surface area contributed by atoms with Gasteiger partial charge in [-0.1, -0.05) is 30.4 Å². The maximum absolute atomic E-state index is 13.2. The molecule has 132 valence electrons. The summed E-state index contributed by atoms with van der Waals surface area (Å²) in [6, 6.07) is 4.41. The zero-order valence-electron chi connectivity index (χ0n) is 13.7. The van der Waals surface area contributed by atoms with Crippen molar-refractivity contribution in [3.63, 3.8) is 0 Å². The van der Waals surface area contributed by atoms with E-state index < -0.39 is 16.0 Å². The Morgan fingerprint density at radius 1 is 1.32 bits per heavy atom. The van der Waals surface area contributed by atoms with Crippen LogP contribution in [0.2, 0.25) is 0 Å². The van der Waals surface area contributed by atoms with Crippen LogP contribution >= 0.6 is 0 Å². The van der Waals surface area contributed by atoms with Crippen molar-refractivity contribution in [3.8, 4) is 5.75 Å². The van der Waals surface area contributed by atoms with Gasteiger partial charge in [-0.05, 0) is 36.1 Å². The fraction of sp³-hybridized carbons (Fsp3) is 0.278. The van der Waals surface area contributed by atoms with Gasteiger partial charge in [-0.3, -0.25) is 0 Å². The highest BCUT2D eigenvalue weighted by Gasteiger charge is 2.40. The van der Waals surface area contributed by atoms with Gasteiger partial charge in [0.2, 0.25) is 10.0 Å². The van der Waals surface area contributed by atoms with Crippen molar-refractivity contribution in [1.29, 1.82) is 0 Å². The van der Waals surface area contributed by atoms with Gasteiger partial charge in [0.15, 0.2) is 0 Å². The number of allylic oxidation sites excluding steroid dienone is 2. The molecule has 0 radical (unpaired) electrons. The second-order valence-electron chi connectivity index (χ2n) is 5.91. The van der Waals surface area contributed by atoms with Crippen molar-refractivity contribution in [1.82, 2.24) is 4.31 Å². The summed E-state index contributed by atoms with van der Waals surface area (Å²) in [6.45, 7) is 0.435. The molecule has 1 N–H and O–H groups in total. The molecule has 1 aromatic carbocycles. The third-order valence-electron chi connectivity index (χ3n) is 4.42. The monoisotopic (exact) mass is 361 g/mol. The molecule has 0 aromatic heterocycles. The van der Waals surface area contributed by atoms with Crippen LogP contribution in [0.5, 0.6) is 5.75 Å². The lowest BCUT2D eigenvalue weighted by Gasteiger charge is -2.26. The highest BCUT2D eigenvalue weighted by molar-refractivity contribution is 7.89. The second kappa shape index (κ2) is 6.85. The van der Waals surface area contributed by atoms with Crippen molar-refractivity contribution in [3.05, 3.63) is 54.1 Å². The minimum atomic E-state index is -3.77. The SMILES string of the molecule is COc1ccc(/C=C/C(=O)O)cc1S(=O)(=O)N1CC[C@@H]2C=CC=C[C@H]21. The van der Waals surface area contributed by atoms with Gasteiger partial charge < -0.3 is 9.84 Å². The molecule has 3 rings (SSSR count). The van der Waals surface area contributed by atoms with Gasteiger partial charge in [-0.15, -0.1) is 0 Å². The molecule has 0 bridgehead atoms. The normalized spacial score (nSPS) is 23.1. The van der Waals surface area contributed by atoms with Crippen LogP contribution < -0.4 is 4.74 Å². The van der Waals surface area contributed by atoms with Crippen LogP contribution in [0.4, 0.5) is 0 Å². The average molecular weight is 361 g/mol. The van der Waals surface area contributed by atoms with Gasteiger partial charge in [0.25, 0.3) is 0 Å². The van der Waals surface area contributed by atoms with Gasteiger partial charge in [-0.25, -0.2) is 13.2 Å². The molecule has 1 heterocycles. The largest absolute Gasteiger partial charge is 0.495 e. The number of benzene rings is 1. The number of hydrogen-bond donors (Lipinski definition) is 1. The molecule has 1 aliphatic heterocycles. The summed E-state index contributed by atoms with van der Waals surface area (Å²) < 4.78 is 33.1. The maximum Gasteiger partial charge on any atom is 0.328 e. The van der Waals surface area contributed by atoms with E-state index in [0.29, 0.717) is 12.1 Å². The van der Waals surface area contributed by atoms with E-state index >= 15 is 0 Å². The summed E-state index contributed by atoms with van der Waals surface area (Å²) >= 11 is 0. The predicted molar refractivity (Wildman–Crippen MR) is 93.7 cm³/mol. The van der Waals surface area contributed by atoms with E-state index in [0.717, 1.165) is 12.5 Å². The molecule has 2 atom stereocenters. The Hall–Kier alpha value is -2.38. The highest BCUT2D eigenvalue weighted by Crippen LogP contribution is 2.36. The zero-order chi connectivity index (χ0) is 18.0. The Labute approximate surface area is 146 Å². The molecular weight excluding hydrogens is 342 g/mol. The van der Waals surface area contributed by atoms with Crippen molar-refractivity contribution in [2.45, 2.75) is 17.4 Å². The molecule has 0 unspecified atom stereocenters. The smallest absolute Gasteiger partial charge is 0.328 e. The van der Waals surface area contributed by atoms with Crippen LogP contribution in [-0.2, 0) is 14.8 Å². The van der Waals surface area contributed by atoms with Crippen LogP contribution in [-0.4, -0.2) is 43.5 Å². The summed E-state index contributed by atoms with van der Waals surface area (Å²) in [5, 5.41) is 8.75. The lowest BCUT2D eigenvalue weighted by Crippen LogP contribution is -2.37. The van der Waals surface area contributed by atoms with Gasteiger partial charge in [-0.2, -0.15) is 4.31 Å². The number of carboxylic acids is 1. The Morgan fingerprint density at radius 3 is 2.80 bits per heavy atom. The van der Waals surface area contributed by atoms with E-state index in [1.807, 2.05) is 24.3 Å². The fourth-order valence-corrected chi connectivity index (χ4v) is 5.05. The van der Waals surface area contributed by atoms with Crippen molar-refractivity contribution in [2.24, 2.45) is 5.92 Å². The zero-order valence-corrected chi connectivity index (χ0v) is 14.5. The van der Waals surface area contributed by atoms with E-state index in [9.17, 15) is 13.2 Å². The Morgan fingerprint density at radius 2 is 2.08 bits per heavy atom. The quantitative estimate of drug-likeness (QED) is 0.814. The molecule has 7 heteroatoms. The summed E-state index contributed by atoms with van der Waals surface area (Å²) in [5.41, 5.74) is 0.483. The van der Waals surface area contributed by atoms with Gasteiger partial charge in [0.1, 0.15) is 10.6 Å². The first kappa shape index (κ1) is 17.4. The lowest BCUT2D eigenvalue weighted by atomic mass is 9.97. The number of hydrogen-bond acceptors (Lipinski definition) is 4. The maximum atomic E-state index is 13.2. The van der Waals surface area contributed by atoms with Crippen molar-refractivity contribution >= 4 is 22.1 Å². The van der Waals surface area contributed by atoms with E-state index in [-0.39, 0.29) is 22.6 Å². The predicted octanol–water partition coefficient (Wildman–Crippen LogP) is 2.30. The second-order valence-corrected chi connectivity index (χ2v) is 7.77. The number of nitrogens with zero attached hydrogens (tertiary/aromatic N) is 1. The van der Waals surface area contributed by atoms with Crippen molar-refractivity contribution < 1.29 is 23.1 Å². The molecule has 1 saturated heterocycles. The molecule has 0 spiro atoms. The van der Waals surface area contributed by atoms with Gasteiger partial charge in [0, 0.05) is 18.7 Å². The molecule has 2 aliphatic rings. The Balaban J connectivity index is 2.01. The number of sulfonamides is 1. The molecule has 1 aliphatic carbocycles. The first-order chi connectivity index (χ1) is 11.9. The van der Waals surface area contributed by atoms with E-state index in [4.69, 9.17) is 9.84 Å². The first-order valence-corrected chi connectivity index (χ1v) is 9.33. The number of rotatable bonds is 5. The molecule has 0 amide bonds.